The summed E-state index contributed by atoms with van der Waals surface area (Å²) in [6.07, 6.45) is 1.85. The summed E-state index contributed by atoms with van der Waals surface area (Å²) in [4.78, 5) is 11.4. The highest BCUT2D eigenvalue weighted by molar-refractivity contribution is 7.99. The van der Waals surface area contributed by atoms with Crippen LogP contribution in [0.5, 0.6) is 5.75 Å². The van der Waals surface area contributed by atoms with Gasteiger partial charge in [0, 0.05) is 0 Å². The Labute approximate surface area is 82.0 Å². The summed E-state index contributed by atoms with van der Waals surface area (Å²) in [6.45, 7) is 3.61. The van der Waals surface area contributed by atoms with Crippen LogP contribution >= 0.6 is 11.8 Å². The molecular weight excluding hydrogens is 184 g/mol. The molecule has 0 unspecified atom stereocenters. The third-order valence-electron chi connectivity index (χ3n) is 1.70. The second-order valence-corrected chi connectivity index (χ2v) is 3.54. The minimum absolute atomic E-state index is 0.00144. The van der Waals surface area contributed by atoms with Crippen molar-refractivity contribution in [3.63, 3.8) is 0 Å². The summed E-state index contributed by atoms with van der Waals surface area (Å²) in [5.74, 6) is 0.328. The summed E-state index contributed by atoms with van der Waals surface area (Å²) < 4.78 is 0. The minimum atomic E-state index is -0.0597. The number of phenols is 1. The monoisotopic (exact) mass is 195 g/mol. The Balaban J connectivity index is 3.01. The molecule has 0 spiro atoms. The molecule has 0 aromatic heterocycles. The average Bonchev–Trinajstić information content (AvgIpc) is 2.10. The van der Waals surface area contributed by atoms with Crippen molar-refractivity contribution in [2.45, 2.75) is 0 Å². The predicted molar refractivity (Wildman–Crippen MR) is 55.3 cm³/mol. The third-order valence-corrected chi connectivity index (χ3v) is 2.25. The van der Waals surface area contributed by atoms with Gasteiger partial charge in [0.25, 0.3) is 0 Å². The van der Waals surface area contributed by atoms with E-state index >= 15 is 0 Å². The van der Waals surface area contributed by atoms with Crippen LogP contribution in [-0.4, -0.2) is 22.9 Å². The molecule has 0 amide bonds. The Kier molecular flexibility index (Phi) is 3.37. The van der Waals surface area contributed by atoms with Gasteiger partial charge in [0.15, 0.2) is 5.78 Å². The van der Waals surface area contributed by atoms with E-state index in [0.29, 0.717) is 16.9 Å². The number of ketones is 1. The largest absolute Gasteiger partial charge is 0.507 e. The van der Waals surface area contributed by atoms with Crippen LogP contribution in [0.15, 0.2) is 18.2 Å². The minimum Gasteiger partial charge on any atom is -0.507 e. The van der Waals surface area contributed by atoms with Gasteiger partial charge in [0.1, 0.15) is 5.75 Å². The molecule has 1 rings (SSSR count). The number of hydrogen-bond acceptors (Lipinski definition) is 3. The first-order chi connectivity index (χ1) is 6.16. The molecule has 1 aromatic rings. The second-order valence-electron chi connectivity index (χ2n) is 2.67. The summed E-state index contributed by atoms with van der Waals surface area (Å²) in [7, 11) is 0. The summed E-state index contributed by atoms with van der Waals surface area (Å²) in [5.41, 5.74) is 0.855. The van der Waals surface area contributed by atoms with Gasteiger partial charge in [-0.3, -0.25) is 4.79 Å². The van der Waals surface area contributed by atoms with Crippen molar-refractivity contribution in [1.29, 1.82) is 0 Å². The molecule has 2 nitrogen and oxygen atoms in total. The molecule has 13 heavy (non-hydrogen) atoms. The smallest absolute Gasteiger partial charge is 0.176 e. The normalized spacial score (nSPS) is 10.0. The standard InChI is InChI=1S/C10H11O2S/c1-7-4-3-5-8(10(7)12)9(11)6-13-2/h3-5,12H,1,6H2,2H3. The molecule has 0 aliphatic heterocycles. The van der Waals surface area contributed by atoms with Gasteiger partial charge in [-0.1, -0.05) is 12.1 Å². The number of rotatable bonds is 3. The summed E-state index contributed by atoms with van der Waals surface area (Å²) in [6, 6.07) is 5.00. The fourth-order valence-electron chi connectivity index (χ4n) is 1.03. The molecule has 0 aliphatic rings. The van der Waals surface area contributed by atoms with Crippen LogP contribution in [0.3, 0.4) is 0 Å². The lowest BCUT2D eigenvalue weighted by molar-refractivity contribution is 0.102. The first-order valence-corrected chi connectivity index (χ1v) is 5.22. The first kappa shape index (κ1) is 10.1. The van der Waals surface area contributed by atoms with Crippen LogP contribution in [0.1, 0.15) is 15.9 Å². The topological polar surface area (TPSA) is 37.3 Å². The van der Waals surface area contributed by atoms with Crippen LogP contribution in [0.25, 0.3) is 0 Å². The number of Topliss-reactive ketones (excluding diaryl/α,β-unsaturated/α-hetero) is 1. The lowest BCUT2D eigenvalue weighted by Crippen LogP contribution is -2.02. The molecule has 1 N–H and O–H groups in total. The van der Waals surface area contributed by atoms with Crippen molar-refractivity contribution >= 4 is 17.5 Å². The number of thioether (sulfide) groups is 1. The van der Waals surface area contributed by atoms with Crippen molar-refractivity contribution in [2.24, 2.45) is 0 Å². The van der Waals surface area contributed by atoms with Crippen molar-refractivity contribution in [3.05, 3.63) is 36.2 Å². The summed E-state index contributed by atoms with van der Waals surface area (Å²) in [5, 5.41) is 9.50. The average molecular weight is 195 g/mol. The molecule has 0 aliphatic carbocycles. The molecule has 0 fully saturated rings. The van der Waals surface area contributed by atoms with Crippen LogP contribution in [0, 0.1) is 6.92 Å². The maximum absolute atomic E-state index is 11.4. The van der Waals surface area contributed by atoms with Crippen molar-refractivity contribution in [3.8, 4) is 5.75 Å². The maximum atomic E-state index is 11.4. The lowest BCUT2D eigenvalue weighted by atomic mass is 10.1. The van der Waals surface area contributed by atoms with Crippen LogP contribution in [0.2, 0.25) is 0 Å². The highest BCUT2D eigenvalue weighted by Crippen LogP contribution is 2.22. The van der Waals surface area contributed by atoms with Crippen LogP contribution in [0.4, 0.5) is 0 Å². The van der Waals surface area contributed by atoms with E-state index in [0.717, 1.165) is 0 Å². The van der Waals surface area contributed by atoms with Gasteiger partial charge in [0.05, 0.1) is 11.3 Å². The molecule has 1 aromatic carbocycles. The van der Waals surface area contributed by atoms with Crippen molar-refractivity contribution < 1.29 is 9.90 Å². The van der Waals surface area contributed by atoms with E-state index in [-0.39, 0.29) is 11.5 Å². The Hall–Kier alpha value is -0.960. The molecule has 3 heteroatoms. The highest BCUT2D eigenvalue weighted by atomic mass is 32.2. The van der Waals surface area contributed by atoms with E-state index in [9.17, 15) is 9.90 Å². The molecule has 0 saturated heterocycles. The SMILES string of the molecule is [CH2]c1cccc(C(=O)CSC)c1O. The highest BCUT2D eigenvalue weighted by Gasteiger charge is 2.10. The first-order valence-electron chi connectivity index (χ1n) is 3.83. The Morgan fingerprint density at radius 3 is 2.92 bits per heavy atom. The molecule has 69 valence electrons. The predicted octanol–water partition coefficient (Wildman–Crippen LogP) is 2.12. The zero-order chi connectivity index (χ0) is 9.84. The zero-order valence-electron chi connectivity index (χ0n) is 7.41. The number of aromatic hydroxyl groups is 1. The number of para-hydroxylation sites is 1. The fourth-order valence-corrected chi connectivity index (χ4v) is 1.44. The van der Waals surface area contributed by atoms with E-state index in [1.54, 1.807) is 18.2 Å². The summed E-state index contributed by atoms with van der Waals surface area (Å²) >= 11 is 1.44. The Morgan fingerprint density at radius 1 is 1.62 bits per heavy atom. The number of phenolic OH excluding ortho intramolecular Hbond substituents is 1. The van der Waals surface area contributed by atoms with E-state index in [4.69, 9.17) is 0 Å². The quantitative estimate of drug-likeness (QED) is 0.751. The van der Waals surface area contributed by atoms with Gasteiger partial charge in [0.2, 0.25) is 0 Å². The van der Waals surface area contributed by atoms with E-state index in [1.807, 2.05) is 6.26 Å². The fraction of sp³-hybridized carbons (Fsp3) is 0.200. The van der Waals surface area contributed by atoms with Crippen LogP contribution < -0.4 is 0 Å². The molecule has 1 radical (unpaired) electrons. The molecule has 0 bridgehead atoms. The van der Waals surface area contributed by atoms with Gasteiger partial charge in [-0.15, -0.1) is 0 Å². The van der Waals surface area contributed by atoms with Crippen molar-refractivity contribution in [2.75, 3.05) is 12.0 Å². The van der Waals surface area contributed by atoms with Gasteiger partial charge >= 0.3 is 0 Å². The van der Waals surface area contributed by atoms with Gasteiger partial charge in [-0.25, -0.2) is 0 Å². The van der Waals surface area contributed by atoms with Gasteiger partial charge in [-0.05, 0) is 24.8 Å². The van der Waals surface area contributed by atoms with E-state index in [2.05, 4.69) is 6.92 Å². The molecule has 0 saturated carbocycles. The molecule has 0 heterocycles. The lowest BCUT2D eigenvalue weighted by Gasteiger charge is -2.04. The van der Waals surface area contributed by atoms with Gasteiger partial charge in [-0.2, -0.15) is 11.8 Å². The second kappa shape index (κ2) is 4.33. The van der Waals surface area contributed by atoms with E-state index in [1.165, 1.54) is 11.8 Å². The number of carbonyl (C=O) groups is 1. The number of benzene rings is 1. The van der Waals surface area contributed by atoms with Crippen molar-refractivity contribution in [1.82, 2.24) is 0 Å². The maximum Gasteiger partial charge on any atom is 0.176 e. The van der Waals surface area contributed by atoms with Crippen LogP contribution in [-0.2, 0) is 0 Å². The van der Waals surface area contributed by atoms with E-state index < -0.39 is 0 Å². The third kappa shape index (κ3) is 2.25. The Bertz CT molecular complexity index is 321. The zero-order valence-corrected chi connectivity index (χ0v) is 8.23. The number of hydrogen-bond donors (Lipinski definition) is 1. The Morgan fingerprint density at radius 2 is 2.31 bits per heavy atom. The van der Waals surface area contributed by atoms with Gasteiger partial charge < -0.3 is 5.11 Å². The molecule has 0 atom stereocenters. The number of carbonyl (C=O) groups excluding carboxylic acids is 1. The molecular formula is C10H11O2S.